The summed E-state index contributed by atoms with van der Waals surface area (Å²) >= 11 is 5.83. The SMILES string of the molecule is COc1cc(C(=O)CCCC(=O)O)ccc1Cl. The van der Waals surface area contributed by atoms with E-state index in [-0.39, 0.29) is 18.6 Å². The fourth-order valence-corrected chi connectivity index (χ4v) is 1.57. The van der Waals surface area contributed by atoms with E-state index in [4.69, 9.17) is 21.4 Å². The summed E-state index contributed by atoms with van der Waals surface area (Å²) in [6.07, 6.45) is 0.534. The van der Waals surface area contributed by atoms with Gasteiger partial charge in [-0.3, -0.25) is 9.59 Å². The minimum atomic E-state index is -0.897. The number of carbonyl (C=O) groups excluding carboxylic acids is 1. The molecule has 0 bridgehead atoms. The van der Waals surface area contributed by atoms with Gasteiger partial charge in [-0.2, -0.15) is 0 Å². The van der Waals surface area contributed by atoms with Gasteiger partial charge in [0.25, 0.3) is 0 Å². The van der Waals surface area contributed by atoms with Crippen molar-refractivity contribution < 1.29 is 19.4 Å². The first kappa shape index (κ1) is 13.5. The lowest BCUT2D eigenvalue weighted by atomic mass is 10.1. The van der Waals surface area contributed by atoms with Crippen LogP contribution in [-0.4, -0.2) is 24.0 Å². The van der Waals surface area contributed by atoms with Crippen molar-refractivity contribution in [3.05, 3.63) is 28.8 Å². The Labute approximate surface area is 104 Å². The number of hydrogen-bond donors (Lipinski definition) is 1. The van der Waals surface area contributed by atoms with Crippen LogP contribution >= 0.6 is 11.6 Å². The van der Waals surface area contributed by atoms with Gasteiger partial charge in [-0.05, 0) is 24.6 Å². The Morgan fingerprint density at radius 1 is 1.35 bits per heavy atom. The number of rotatable bonds is 6. The Hall–Kier alpha value is -1.55. The predicted octanol–water partition coefficient (Wildman–Crippen LogP) is 2.79. The van der Waals surface area contributed by atoms with E-state index in [0.717, 1.165) is 0 Å². The van der Waals surface area contributed by atoms with Crippen LogP contribution in [0.15, 0.2) is 18.2 Å². The second kappa shape index (κ2) is 6.25. The maximum atomic E-state index is 11.7. The Bertz CT molecular complexity index is 429. The van der Waals surface area contributed by atoms with Crippen LogP contribution < -0.4 is 4.74 Å². The van der Waals surface area contributed by atoms with Crippen molar-refractivity contribution in [3.8, 4) is 5.75 Å². The third-order valence-corrected chi connectivity index (χ3v) is 2.58. The summed E-state index contributed by atoms with van der Waals surface area (Å²) in [5, 5.41) is 8.91. The van der Waals surface area contributed by atoms with E-state index in [9.17, 15) is 9.59 Å². The Balaban J connectivity index is 2.66. The maximum Gasteiger partial charge on any atom is 0.303 e. The lowest BCUT2D eigenvalue weighted by Gasteiger charge is -2.05. The third-order valence-electron chi connectivity index (χ3n) is 2.27. The first-order chi connectivity index (χ1) is 8.04. The van der Waals surface area contributed by atoms with Crippen molar-refractivity contribution in [2.45, 2.75) is 19.3 Å². The molecule has 17 heavy (non-hydrogen) atoms. The van der Waals surface area contributed by atoms with Gasteiger partial charge in [-0.25, -0.2) is 0 Å². The number of carboxylic acid groups (broad SMARTS) is 1. The van der Waals surface area contributed by atoms with E-state index in [1.807, 2.05) is 0 Å². The summed E-state index contributed by atoms with van der Waals surface area (Å²) < 4.78 is 5.00. The molecule has 0 unspecified atom stereocenters. The van der Waals surface area contributed by atoms with Gasteiger partial charge in [0.15, 0.2) is 5.78 Å². The van der Waals surface area contributed by atoms with Gasteiger partial charge >= 0.3 is 5.97 Å². The van der Waals surface area contributed by atoms with Gasteiger partial charge in [0.1, 0.15) is 5.75 Å². The molecule has 0 fully saturated rings. The van der Waals surface area contributed by atoms with Gasteiger partial charge < -0.3 is 9.84 Å². The fourth-order valence-electron chi connectivity index (χ4n) is 1.38. The minimum absolute atomic E-state index is 0.00351. The normalized spacial score (nSPS) is 10.0. The fraction of sp³-hybridized carbons (Fsp3) is 0.333. The first-order valence-electron chi connectivity index (χ1n) is 5.13. The lowest BCUT2D eigenvalue weighted by molar-refractivity contribution is -0.137. The Kier molecular flexibility index (Phi) is 4.97. The second-order valence-electron chi connectivity index (χ2n) is 3.52. The predicted molar refractivity (Wildman–Crippen MR) is 63.8 cm³/mol. The van der Waals surface area contributed by atoms with E-state index in [1.54, 1.807) is 18.2 Å². The van der Waals surface area contributed by atoms with E-state index in [0.29, 0.717) is 22.8 Å². The number of carboxylic acids is 1. The zero-order valence-corrected chi connectivity index (χ0v) is 10.2. The van der Waals surface area contributed by atoms with Crippen molar-refractivity contribution in [3.63, 3.8) is 0 Å². The van der Waals surface area contributed by atoms with Crippen LogP contribution in [0.4, 0.5) is 0 Å². The van der Waals surface area contributed by atoms with Gasteiger partial charge in [-0.15, -0.1) is 0 Å². The Morgan fingerprint density at radius 3 is 2.65 bits per heavy atom. The summed E-state index contributed by atoms with van der Waals surface area (Å²) in [6.45, 7) is 0. The molecule has 0 aliphatic rings. The summed E-state index contributed by atoms with van der Waals surface area (Å²) in [4.78, 5) is 22.0. The molecule has 0 saturated carbocycles. The van der Waals surface area contributed by atoms with Crippen molar-refractivity contribution in [1.29, 1.82) is 0 Å². The zero-order valence-electron chi connectivity index (χ0n) is 9.40. The molecule has 0 radical (unpaired) electrons. The molecule has 0 aromatic heterocycles. The summed E-state index contributed by atoms with van der Waals surface area (Å²) in [6, 6.07) is 4.75. The highest BCUT2D eigenvalue weighted by molar-refractivity contribution is 6.32. The third kappa shape index (κ3) is 4.07. The smallest absolute Gasteiger partial charge is 0.303 e. The molecule has 5 heteroatoms. The quantitative estimate of drug-likeness (QED) is 0.795. The van der Waals surface area contributed by atoms with Crippen LogP contribution in [-0.2, 0) is 4.79 Å². The molecular weight excluding hydrogens is 244 g/mol. The van der Waals surface area contributed by atoms with Gasteiger partial charge in [-0.1, -0.05) is 11.6 Å². The molecule has 0 aliphatic carbocycles. The largest absolute Gasteiger partial charge is 0.495 e. The molecular formula is C12H13ClO4. The number of halogens is 1. The van der Waals surface area contributed by atoms with Crippen molar-refractivity contribution in [2.75, 3.05) is 7.11 Å². The minimum Gasteiger partial charge on any atom is -0.495 e. The van der Waals surface area contributed by atoms with Crippen LogP contribution in [0.2, 0.25) is 5.02 Å². The lowest BCUT2D eigenvalue weighted by Crippen LogP contribution is -2.02. The topological polar surface area (TPSA) is 63.6 Å². The molecule has 92 valence electrons. The standard InChI is InChI=1S/C12H13ClO4/c1-17-11-7-8(5-6-9(11)13)10(14)3-2-4-12(15)16/h5-7H,2-4H2,1H3,(H,15,16). The van der Waals surface area contributed by atoms with Crippen LogP contribution in [0.1, 0.15) is 29.6 Å². The monoisotopic (exact) mass is 256 g/mol. The highest BCUT2D eigenvalue weighted by Gasteiger charge is 2.10. The van der Waals surface area contributed by atoms with Gasteiger partial charge in [0.05, 0.1) is 12.1 Å². The highest BCUT2D eigenvalue weighted by atomic mass is 35.5. The molecule has 1 N–H and O–H groups in total. The summed E-state index contributed by atoms with van der Waals surface area (Å²) in [5.74, 6) is -0.566. The number of aliphatic carboxylic acids is 1. The molecule has 0 amide bonds. The molecule has 0 spiro atoms. The number of ether oxygens (including phenoxy) is 1. The van der Waals surface area contributed by atoms with Crippen molar-refractivity contribution >= 4 is 23.4 Å². The zero-order chi connectivity index (χ0) is 12.8. The van der Waals surface area contributed by atoms with E-state index >= 15 is 0 Å². The molecule has 1 aromatic rings. The second-order valence-corrected chi connectivity index (χ2v) is 3.93. The molecule has 1 aromatic carbocycles. The average Bonchev–Trinajstić information content (AvgIpc) is 2.29. The molecule has 0 aliphatic heterocycles. The number of hydrogen-bond acceptors (Lipinski definition) is 3. The highest BCUT2D eigenvalue weighted by Crippen LogP contribution is 2.25. The molecule has 0 atom stereocenters. The average molecular weight is 257 g/mol. The molecule has 0 heterocycles. The van der Waals surface area contributed by atoms with E-state index in [1.165, 1.54) is 7.11 Å². The number of ketones is 1. The Morgan fingerprint density at radius 2 is 2.06 bits per heavy atom. The van der Waals surface area contributed by atoms with Crippen LogP contribution in [0, 0.1) is 0 Å². The number of carbonyl (C=O) groups is 2. The van der Waals surface area contributed by atoms with Crippen molar-refractivity contribution in [2.24, 2.45) is 0 Å². The number of Topliss-reactive ketones (excluding diaryl/α,β-unsaturated/α-hetero) is 1. The number of benzene rings is 1. The van der Waals surface area contributed by atoms with E-state index < -0.39 is 5.97 Å². The van der Waals surface area contributed by atoms with Crippen LogP contribution in [0.25, 0.3) is 0 Å². The van der Waals surface area contributed by atoms with Crippen molar-refractivity contribution in [1.82, 2.24) is 0 Å². The van der Waals surface area contributed by atoms with E-state index in [2.05, 4.69) is 0 Å². The van der Waals surface area contributed by atoms with Gasteiger partial charge in [0, 0.05) is 18.4 Å². The van der Waals surface area contributed by atoms with Crippen LogP contribution in [0.3, 0.4) is 0 Å². The number of methoxy groups -OCH3 is 1. The molecule has 1 rings (SSSR count). The summed E-state index contributed by atoms with van der Waals surface area (Å²) in [7, 11) is 1.47. The maximum absolute atomic E-state index is 11.7. The van der Waals surface area contributed by atoms with Crippen LogP contribution in [0.5, 0.6) is 5.75 Å². The summed E-state index contributed by atoms with van der Waals surface area (Å²) in [5.41, 5.74) is 0.483. The molecule has 0 saturated heterocycles. The molecule has 4 nitrogen and oxygen atoms in total. The first-order valence-corrected chi connectivity index (χ1v) is 5.51. The van der Waals surface area contributed by atoms with Gasteiger partial charge in [0.2, 0.25) is 0 Å².